The Kier molecular flexibility index (Phi) is 5.12. The number of benzene rings is 1. The van der Waals surface area contributed by atoms with Crippen molar-refractivity contribution in [3.05, 3.63) is 29.8 Å². The molecular weight excluding hydrogens is 262 g/mol. The van der Waals surface area contributed by atoms with Crippen LogP contribution < -0.4 is 4.90 Å². The lowest BCUT2D eigenvalue weighted by molar-refractivity contribution is 0.114. The third-order valence-electron chi connectivity index (χ3n) is 4.77. The van der Waals surface area contributed by atoms with Crippen molar-refractivity contribution in [1.82, 2.24) is 9.80 Å². The van der Waals surface area contributed by atoms with E-state index in [2.05, 4.69) is 39.0 Å². The summed E-state index contributed by atoms with van der Waals surface area (Å²) in [5, 5.41) is 8.99. The van der Waals surface area contributed by atoms with Crippen molar-refractivity contribution < 1.29 is 5.11 Å². The Hall–Kier alpha value is -1.10. The van der Waals surface area contributed by atoms with Crippen molar-refractivity contribution in [3.63, 3.8) is 0 Å². The van der Waals surface area contributed by atoms with Crippen LogP contribution in [0.2, 0.25) is 0 Å². The molecule has 1 aromatic rings. The molecule has 21 heavy (non-hydrogen) atoms. The molecule has 1 saturated heterocycles. The summed E-state index contributed by atoms with van der Waals surface area (Å²) >= 11 is 0. The maximum Gasteiger partial charge on any atom is 0.0558 e. The fourth-order valence-corrected chi connectivity index (χ4v) is 3.48. The molecule has 4 nitrogen and oxygen atoms in total. The van der Waals surface area contributed by atoms with Crippen LogP contribution >= 0.6 is 0 Å². The first-order valence-corrected chi connectivity index (χ1v) is 8.25. The van der Waals surface area contributed by atoms with E-state index < -0.39 is 0 Å². The number of piperazine rings is 1. The minimum absolute atomic E-state index is 0.282. The predicted molar refractivity (Wildman–Crippen MR) is 86.9 cm³/mol. The van der Waals surface area contributed by atoms with Gasteiger partial charge in [-0.25, -0.2) is 0 Å². The number of aliphatic hydroxyl groups excluding tert-OH is 1. The molecular formula is C17H27N3O. The summed E-state index contributed by atoms with van der Waals surface area (Å²) in [4.78, 5) is 7.47. The Morgan fingerprint density at radius 2 is 1.57 bits per heavy atom. The molecule has 116 valence electrons. The van der Waals surface area contributed by atoms with E-state index in [0.29, 0.717) is 0 Å². The van der Waals surface area contributed by atoms with E-state index in [0.717, 1.165) is 45.8 Å². The second-order valence-corrected chi connectivity index (χ2v) is 6.13. The molecule has 1 N–H and O–H groups in total. The number of nitrogens with zero attached hydrogens (tertiary/aromatic N) is 3. The molecule has 1 aromatic carbocycles. The standard InChI is InChI=1S/C17H27N3O/c21-15-14-19-10-8-18(9-11-19)12-13-20-7-3-5-16-4-1-2-6-17(16)20/h1-2,4,6,21H,3,5,7-15H2. The monoisotopic (exact) mass is 289 g/mol. The zero-order valence-corrected chi connectivity index (χ0v) is 12.9. The number of hydrogen-bond acceptors (Lipinski definition) is 4. The van der Waals surface area contributed by atoms with Crippen LogP contribution in [0.25, 0.3) is 0 Å². The van der Waals surface area contributed by atoms with Crippen molar-refractivity contribution in [2.45, 2.75) is 12.8 Å². The first kappa shape index (κ1) is 14.8. The van der Waals surface area contributed by atoms with Crippen LogP contribution in [-0.4, -0.2) is 73.9 Å². The van der Waals surface area contributed by atoms with Gasteiger partial charge in [0.15, 0.2) is 0 Å². The Balaban J connectivity index is 1.48. The average molecular weight is 289 g/mol. The van der Waals surface area contributed by atoms with Crippen LogP contribution in [0.5, 0.6) is 0 Å². The molecule has 2 aliphatic rings. The molecule has 0 atom stereocenters. The SMILES string of the molecule is OCCN1CCN(CCN2CCCc3ccccc32)CC1. The number of rotatable bonds is 5. The summed E-state index contributed by atoms with van der Waals surface area (Å²) in [5.74, 6) is 0. The highest BCUT2D eigenvalue weighted by atomic mass is 16.3. The molecule has 1 fully saturated rings. The molecule has 0 amide bonds. The molecule has 4 heteroatoms. The zero-order valence-electron chi connectivity index (χ0n) is 12.9. The number of aliphatic hydroxyl groups is 1. The molecule has 0 spiro atoms. The minimum atomic E-state index is 0.282. The first-order valence-electron chi connectivity index (χ1n) is 8.25. The molecule has 0 unspecified atom stereocenters. The molecule has 0 saturated carbocycles. The maximum absolute atomic E-state index is 8.99. The number of anilines is 1. The van der Waals surface area contributed by atoms with Gasteiger partial charge in [-0.05, 0) is 24.5 Å². The number of β-amino-alcohol motifs (C(OH)–C–C–N with tert-alkyl or cyclic N) is 1. The molecule has 0 aromatic heterocycles. The van der Waals surface area contributed by atoms with E-state index in [1.165, 1.54) is 30.6 Å². The molecule has 2 aliphatic heterocycles. The van der Waals surface area contributed by atoms with Crippen LogP contribution in [0.15, 0.2) is 24.3 Å². The quantitative estimate of drug-likeness (QED) is 0.877. The van der Waals surface area contributed by atoms with Gasteiger partial charge in [-0.2, -0.15) is 0 Å². The predicted octanol–water partition coefficient (Wildman–Crippen LogP) is 1.05. The Labute approximate surface area is 128 Å². The summed E-state index contributed by atoms with van der Waals surface area (Å²) in [6, 6.07) is 8.86. The number of aryl methyl sites for hydroxylation is 1. The van der Waals surface area contributed by atoms with E-state index in [9.17, 15) is 0 Å². The van der Waals surface area contributed by atoms with Gasteiger partial charge in [-0.15, -0.1) is 0 Å². The second-order valence-electron chi connectivity index (χ2n) is 6.13. The van der Waals surface area contributed by atoms with Gasteiger partial charge in [0, 0.05) is 58.0 Å². The average Bonchev–Trinajstić information content (AvgIpc) is 2.54. The van der Waals surface area contributed by atoms with Crippen molar-refractivity contribution in [3.8, 4) is 0 Å². The van der Waals surface area contributed by atoms with Gasteiger partial charge in [-0.3, -0.25) is 9.80 Å². The molecule has 0 bridgehead atoms. The maximum atomic E-state index is 8.99. The van der Waals surface area contributed by atoms with Gasteiger partial charge < -0.3 is 10.0 Å². The number of fused-ring (bicyclic) bond motifs is 1. The van der Waals surface area contributed by atoms with Crippen LogP contribution in [0.1, 0.15) is 12.0 Å². The lowest BCUT2D eigenvalue weighted by Crippen LogP contribution is -2.49. The third kappa shape index (κ3) is 3.76. The summed E-state index contributed by atoms with van der Waals surface area (Å²) in [5.41, 5.74) is 2.96. The summed E-state index contributed by atoms with van der Waals surface area (Å²) < 4.78 is 0. The van der Waals surface area contributed by atoms with Crippen LogP contribution in [0.3, 0.4) is 0 Å². The fraction of sp³-hybridized carbons (Fsp3) is 0.647. The van der Waals surface area contributed by atoms with Gasteiger partial charge >= 0.3 is 0 Å². The normalized spacial score (nSPS) is 20.5. The highest BCUT2D eigenvalue weighted by molar-refractivity contribution is 5.55. The molecule has 3 rings (SSSR count). The molecule has 0 radical (unpaired) electrons. The van der Waals surface area contributed by atoms with Crippen molar-refractivity contribution in [1.29, 1.82) is 0 Å². The first-order chi connectivity index (χ1) is 10.4. The Morgan fingerprint density at radius 1 is 0.857 bits per heavy atom. The van der Waals surface area contributed by atoms with E-state index in [-0.39, 0.29) is 6.61 Å². The molecule has 2 heterocycles. The van der Waals surface area contributed by atoms with E-state index >= 15 is 0 Å². The van der Waals surface area contributed by atoms with Gasteiger partial charge in [0.25, 0.3) is 0 Å². The fourth-order valence-electron chi connectivity index (χ4n) is 3.48. The van der Waals surface area contributed by atoms with E-state index in [1.54, 1.807) is 0 Å². The highest BCUT2D eigenvalue weighted by Crippen LogP contribution is 2.26. The van der Waals surface area contributed by atoms with Gasteiger partial charge in [0.2, 0.25) is 0 Å². The third-order valence-corrected chi connectivity index (χ3v) is 4.77. The van der Waals surface area contributed by atoms with Crippen molar-refractivity contribution in [2.24, 2.45) is 0 Å². The summed E-state index contributed by atoms with van der Waals surface area (Å²) in [7, 11) is 0. The Bertz CT molecular complexity index is 443. The van der Waals surface area contributed by atoms with Crippen LogP contribution in [0, 0.1) is 0 Å². The zero-order chi connectivity index (χ0) is 14.5. The highest BCUT2D eigenvalue weighted by Gasteiger charge is 2.19. The topological polar surface area (TPSA) is 30.0 Å². The van der Waals surface area contributed by atoms with Gasteiger partial charge in [-0.1, -0.05) is 18.2 Å². The Morgan fingerprint density at radius 3 is 2.33 bits per heavy atom. The molecule has 0 aliphatic carbocycles. The largest absolute Gasteiger partial charge is 0.395 e. The number of hydrogen-bond donors (Lipinski definition) is 1. The second kappa shape index (κ2) is 7.25. The van der Waals surface area contributed by atoms with E-state index in [1.807, 2.05) is 0 Å². The van der Waals surface area contributed by atoms with Crippen molar-refractivity contribution in [2.75, 3.05) is 63.9 Å². The van der Waals surface area contributed by atoms with Crippen LogP contribution in [-0.2, 0) is 6.42 Å². The summed E-state index contributed by atoms with van der Waals surface area (Å²) in [6.45, 7) is 9.05. The lowest BCUT2D eigenvalue weighted by Gasteiger charge is -2.37. The van der Waals surface area contributed by atoms with Crippen molar-refractivity contribution >= 4 is 5.69 Å². The number of para-hydroxylation sites is 1. The van der Waals surface area contributed by atoms with Gasteiger partial charge in [0.1, 0.15) is 0 Å². The van der Waals surface area contributed by atoms with Gasteiger partial charge in [0.05, 0.1) is 6.61 Å². The van der Waals surface area contributed by atoms with Crippen LogP contribution in [0.4, 0.5) is 5.69 Å². The smallest absolute Gasteiger partial charge is 0.0558 e. The minimum Gasteiger partial charge on any atom is -0.395 e. The van der Waals surface area contributed by atoms with E-state index in [4.69, 9.17) is 5.11 Å². The lowest BCUT2D eigenvalue weighted by atomic mass is 10.0. The summed E-state index contributed by atoms with van der Waals surface area (Å²) in [6.07, 6.45) is 2.51.